The molecule has 0 rings (SSSR count). The van der Waals surface area contributed by atoms with E-state index in [-0.39, 0.29) is 18.1 Å². The highest BCUT2D eigenvalue weighted by molar-refractivity contribution is 7.85. The maximum absolute atomic E-state index is 11.9. The number of carbonyl (C=O) groups is 1. The second-order valence-corrected chi connectivity index (χ2v) is 9.02. The van der Waals surface area contributed by atoms with Crippen molar-refractivity contribution in [3.8, 4) is 0 Å². The minimum Gasteiger partial charge on any atom is -0.346 e. The quantitative estimate of drug-likeness (QED) is 0.257. The zero-order valence-corrected chi connectivity index (χ0v) is 17.9. The van der Waals surface area contributed by atoms with Gasteiger partial charge < -0.3 is 4.90 Å². The molecule has 0 saturated carbocycles. The Hall–Kier alpha value is -0.620. The van der Waals surface area contributed by atoms with Crippen molar-refractivity contribution < 1.29 is 17.8 Å². The van der Waals surface area contributed by atoms with E-state index in [2.05, 4.69) is 6.92 Å². The molecule has 156 valence electrons. The summed E-state index contributed by atoms with van der Waals surface area (Å²) >= 11 is 0. The maximum Gasteiger partial charge on any atom is 0.264 e. The summed E-state index contributed by atoms with van der Waals surface area (Å²) in [6, 6.07) is 0. The minimum absolute atomic E-state index is 0.0587. The van der Waals surface area contributed by atoms with E-state index in [1.807, 2.05) is 0 Å². The fraction of sp³-hybridized carbons (Fsp3) is 0.950. The molecule has 1 amide bonds. The first-order valence-corrected chi connectivity index (χ1v) is 12.2. The van der Waals surface area contributed by atoms with Crippen LogP contribution in [0.15, 0.2) is 0 Å². The third kappa shape index (κ3) is 18.2. The largest absolute Gasteiger partial charge is 0.346 e. The van der Waals surface area contributed by atoms with Crippen molar-refractivity contribution in [3.63, 3.8) is 0 Å². The Balaban J connectivity index is 3.37. The Kier molecular flexibility index (Phi) is 16.2. The fourth-order valence-corrected chi connectivity index (χ4v) is 3.59. The predicted octanol–water partition coefficient (Wildman–Crippen LogP) is 5.20. The minimum atomic E-state index is -3.92. The highest BCUT2D eigenvalue weighted by Gasteiger charge is 2.10. The molecule has 6 heteroatoms. The normalized spacial score (nSPS) is 11.7. The molecule has 0 radical (unpaired) electrons. The molecule has 0 fully saturated rings. The summed E-state index contributed by atoms with van der Waals surface area (Å²) in [5.41, 5.74) is 0. The second kappa shape index (κ2) is 16.5. The fourth-order valence-electron chi connectivity index (χ4n) is 3.09. The van der Waals surface area contributed by atoms with E-state index in [4.69, 9.17) is 4.55 Å². The van der Waals surface area contributed by atoms with Gasteiger partial charge in [-0.3, -0.25) is 9.35 Å². The van der Waals surface area contributed by atoms with Crippen molar-refractivity contribution in [2.75, 3.05) is 19.3 Å². The molecule has 0 unspecified atom stereocenters. The first kappa shape index (κ1) is 25.4. The van der Waals surface area contributed by atoms with Gasteiger partial charge in [-0.05, 0) is 12.8 Å². The topological polar surface area (TPSA) is 74.7 Å². The summed E-state index contributed by atoms with van der Waals surface area (Å²) in [4.78, 5) is 13.5. The molecule has 5 nitrogen and oxygen atoms in total. The maximum atomic E-state index is 11.9. The number of hydrogen-bond donors (Lipinski definition) is 1. The standard InChI is InChI=1S/C20H41NO4S/c1-3-4-5-6-7-8-9-10-11-12-13-14-15-17-20(22)21(2)18-16-19-26(23,24)25/h3-19H2,1-2H3,(H,23,24,25). The van der Waals surface area contributed by atoms with Crippen LogP contribution in [0, 0.1) is 0 Å². The zero-order chi connectivity index (χ0) is 19.7. The molecule has 0 saturated heterocycles. The zero-order valence-electron chi connectivity index (χ0n) is 17.0. The van der Waals surface area contributed by atoms with Crippen LogP contribution in [0.1, 0.15) is 103 Å². The van der Waals surface area contributed by atoms with Gasteiger partial charge in [-0.25, -0.2) is 0 Å². The van der Waals surface area contributed by atoms with Gasteiger partial charge in [-0.15, -0.1) is 0 Å². The van der Waals surface area contributed by atoms with E-state index in [9.17, 15) is 13.2 Å². The summed E-state index contributed by atoms with van der Waals surface area (Å²) < 4.78 is 30.0. The van der Waals surface area contributed by atoms with Crippen molar-refractivity contribution >= 4 is 16.0 Å². The van der Waals surface area contributed by atoms with E-state index >= 15 is 0 Å². The van der Waals surface area contributed by atoms with E-state index in [0.717, 1.165) is 12.8 Å². The van der Waals surface area contributed by atoms with Crippen LogP contribution in [0.25, 0.3) is 0 Å². The Morgan fingerprint density at radius 2 is 1.19 bits per heavy atom. The molecule has 0 aliphatic heterocycles. The average molecular weight is 392 g/mol. The van der Waals surface area contributed by atoms with Crippen LogP contribution in [0.5, 0.6) is 0 Å². The molecule has 0 heterocycles. The third-order valence-electron chi connectivity index (χ3n) is 4.82. The number of amides is 1. The molecule has 0 aromatic carbocycles. The molecule has 0 aromatic heterocycles. The smallest absolute Gasteiger partial charge is 0.264 e. The van der Waals surface area contributed by atoms with Crippen LogP contribution >= 0.6 is 0 Å². The molecular formula is C20H41NO4S. The Morgan fingerprint density at radius 3 is 1.62 bits per heavy atom. The lowest BCUT2D eigenvalue weighted by Crippen LogP contribution is -2.28. The number of unbranched alkanes of at least 4 members (excludes halogenated alkanes) is 12. The van der Waals surface area contributed by atoms with Gasteiger partial charge in [0.15, 0.2) is 0 Å². The SMILES string of the molecule is CCCCCCCCCCCCCCCC(=O)N(C)CCCS(=O)(=O)O. The lowest BCUT2D eigenvalue weighted by atomic mass is 10.0. The van der Waals surface area contributed by atoms with Crippen LogP contribution in [0.4, 0.5) is 0 Å². The van der Waals surface area contributed by atoms with E-state index in [0.29, 0.717) is 13.0 Å². The number of hydrogen-bond acceptors (Lipinski definition) is 3. The highest BCUT2D eigenvalue weighted by Crippen LogP contribution is 2.13. The second-order valence-electron chi connectivity index (χ2n) is 7.45. The van der Waals surface area contributed by atoms with Gasteiger partial charge in [-0.1, -0.05) is 84.0 Å². The van der Waals surface area contributed by atoms with Crippen molar-refractivity contribution in [3.05, 3.63) is 0 Å². The van der Waals surface area contributed by atoms with Crippen LogP contribution in [0.3, 0.4) is 0 Å². The molecule has 0 aliphatic carbocycles. The number of nitrogens with zero attached hydrogens (tertiary/aromatic N) is 1. The van der Waals surface area contributed by atoms with Gasteiger partial charge in [0.1, 0.15) is 0 Å². The molecule has 0 aromatic rings. The molecule has 0 spiro atoms. The molecule has 1 N–H and O–H groups in total. The molecular weight excluding hydrogens is 350 g/mol. The monoisotopic (exact) mass is 391 g/mol. The van der Waals surface area contributed by atoms with Gasteiger partial charge in [0, 0.05) is 20.0 Å². The van der Waals surface area contributed by atoms with Gasteiger partial charge in [0.2, 0.25) is 5.91 Å². The average Bonchev–Trinajstić information content (AvgIpc) is 2.57. The van der Waals surface area contributed by atoms with Crippen LogP contribution < -0.4 is 0 Å². The first-order valence-electron chi connectivity index (χ1n) is 10.6. The summed E-state index contributed by atoms with van der Waals surface area (Å²) in [5, 5.41) is 0. The summed E-state index contributed by atoms with van der Waals surface area (Å²) in [7, 11) is -2.24. The lowest BCUT2D eigenvalue weighted by molar-refractivity contribution is -0.130. The van der Waals surface area contributed by atoms with Gasteiger partial charge in [-0.2, -0.15) is 8.42 Å². The van der Waals surface area contributed by atoms with Crippen molar-refractivity contribution in [1.82, 2.24) is 4.90 Å². The lowest BCUT2D eigenvalue weighted by Gasteiger charge is -2.16. The Bertz CT molecular complexity index is 437. The first-order chi connectivity index (χ1) is 12.4. The van der Waals surface area contributed by atoms with Crippen molar-refractivity contribution in [2.24, 2.45) is 0 Å². The summed E-state index contributed by atoms with van der Waals surface area (Å²) in [6.07, 6.45) is 17.5. The predicted molar refractivity (Wildman–Crippen MR) is 109 cm³/mol. The summed E-state index contributed by atoms with van der Waals surface area (Å²) in [6.45, 7) is 2.62. The third-order valence-corrected chi connectivity index (χ3v) is 5.62. The Labute approximate surface area is 161 Å². The number of rotatable bonds is 18. The van der Waals surface area contributed by atoms with E-state index < -0.39 is 10.1 Å². The van der Waals surface area contributed by atoms with E-state index in [1.54, 1.807) is 11.9 Å². The molecule has 0 bridgehead atoms. The molecule has 26 heavy (non-hydrogen) atoms. The van der Waals surface area contributed by atoms with Gasteiger partial charge >= 0.3 is 0 Å². The summed E-state index contributed by atoms with van der Waals surface area (Å²) in [5.74, 6) is -0.230. The van der Waals surface area contributed by atoms with Crippen LogP contribution in [-0.4, -0.2) is 43.1 Å². The Morgan fingerprint density at radius 1 is 0.769 bits per heavy atom. The number of carbonyl (C=O) groups excluding carboxylic acids is 1. The highest BCUT2D eigenvalue weighted by atomic mass is 32.2. The van der Waals surface area contributed by atoms with Crippen LogP contribution in [0.2, 0.25) is 0 Å². The van der Waals surface area contributed by atoms with Gasteiger partial charge in [0.25, 0.3) is 10.1 Å². The van der Waals surface area contributed by atoms with E-state index in [1.165, 1.54) is 70.6 Å². The molecule has 0 atom stereocenters. The van der Waals surface area contributed by atoms with Crippen LogP contribution in [-0.2, 0) is 14.9 Å². The molecule has 0 aliphatic rings. The van der Waals surface area contributed by atoms with Crippen molar-refractivity contribution in [2.45, 2.75) is 103 Å². The van der Waals surface area contributed by atoms with Gasteiger partial charge in [0.05, 0.1) is 5.75 Å². The van der Waals surface area contributed by atoms with Crippen molar-refractivity contribution in [1.29, 1.82) is 0 Å².